The number of aryl methyl sites for hydroxylation is 1. The molecule has 108 valence electrons. The molecule has 0 aliphatic heterocycles. The summed E-state index contributed by atoms with van der Waals surface area (Å²) < 4.78 is 32.8. The van der Waals surface area contributed by atoms with E-state index in [1.54, 1.807) is 37.4 Å². The number of aromatic nitrogens is 2. The van der Waals surface area contributed by atoms with Crippen molar-refractivity contribution in [1.29, 1.82) is 0 Å². The average Bonchev–Trinajstić information content (AvgIpc) is 2.78. The minimum absolute atomic E-state index is 0.0909. The maximum Gasteiger partial charge on any atom is 0.265 e. The maximum atomic E-state index is 12.5. The summed E-state index contributed by atoms with van der Waals surface area (Å²) in [6.07, 6.45) is 1.55. The highest BCUT2D eigenvalue weighted by molar-refractivity contribution is 9.10. The van der Waals surface area contributed by atoms with E-state index in [0.717, 1.165) is 5.39 Å². The summed E-state index contributed by atoms with van der Waals surface area (Å²) in [7, 11) is -3.81. The van der Waals surface area contributed by atoms with Gasteiger partial charge in [-0.05, 0) is 35.0 Å². The molecule has 8 heteroatoms. The number of rotatable bonds is 3. The van der Waals surface area contributed by atoms with Gasteiger partial charge in [-0.3, -0.25) is 9.71 Å². The zero-order valence-corrected chi connectivity index (χ0v) is 13.3. The van der Waals surface area contributed by atoms with Gasteiger partial charge in [0.15, 0.2) is 5.82 Å². The first-order valence-electron chi connectivity index (χ1n) is 5.97. The number of nitrogens with zero attached hydrogens (tertiary/aromatic N) is 2. The lowest BCUT2D eigenvalue weighted by atomic mass is 10.2. The predicted octanol–water partition coefficient (Wildman–Crippen LogP) is 3.09. The molecule has 0 atom stereocenters. The number of hydrogen-bond donors (Lipinski definition) is 1. The number of benzene rings is 1. The fourth-order valence-corrected chi connectivity index (χ4v) is 3.46. The Morgan fingerprint density at radius 3 is 2.71 bits per heavy atom. The lowest BCUT2D eigenvalue weighted by molar-refractivity contribution is 0.399. The quantitative estimate of drug-likeness (QED) is 0.768. The van der Waals surface area contributed by atoms with Crippen molar-refractivity contribution in [3.8, 4) is 0 Å². The number of anilines is 1. The second kappa shape index (κ2) is 5.12. The van der Waals surface area contributed by atoms with Crippen LogP contribution < -0.4 is 4.72 Å². The lowest BCUT2D eigenvalue weighted by Gasteiger charge is -2.07. The van der Waals surface area contributed by atoms with E-state index in [-0.39, 0.29) is 10.7 Å². The summed E-state index contributed by atoms with van der Waals surface area (Å²) in [4.78, 5) is 4.23. The molecule has 0 aliphatic rings. The minimum atomic E-state index is -3.81. The van der Waals surface area contributed by atoms with Gasteiger partial charge >= 0.3 is 0 Å². The van der Waals surface area contributed by atoms with E-state index < -0.39 is 10.0 Å². The van der Waals surface area contributed by atoms with E-state index >= 15 is 0 Å². The third kappa shape index (κ3) is 2.52. The molecule has 0 amide bonds. The highest BCUT2D eigenvalue weighted by Crippen LogP contribution is 2.28. The van der Waals surface area contributed by atoms with Gasteiger partial charge in [-0.15, -0.1) is 0 Å². The number of hydrogen-bond acceptors (Lipinski definition) is 5. The summed E-state index contributed by atoms with van der Waals surface area (Å²) in [5, 5.41) is 4.42. The molecule has 1 aromatic carbocycles. The number of fused-ring (bicyclic) bond motifs is 1. The fourth-order valence-electron chi connectivity index (χ4n) is 1.90. The Labute approximate surface area is 129 Å². The van der Waals surface area contributed by atoms with Gasteiger partial charge in [-0.25, -0.2) is 8.42 Å². The summed E-state index contributed by atoms with van der Waals surface area (Å²) in [5.74, 6) is 0.601. The lowest BCUT2D eigenvalue weighted by Crippen LogP contribution is -2.14. The van der Waals surface area contributed by atoms with Crippen LogP contribution in [0.25, 0.3) is 10.9 Å². The molecule has 3 aromatic rings. The number of nitrogens with one attached hydrogen (secondary N) is 1. The smallest absolute Gasteiger partial charge is 0.265 e. The molecule has 0 fully saturated rings. The van der Waals surface area contributed by atoms with Crippen molar-refractivity contribution in [2.45, 2.75) is 11.8 Å². The van der Waals surface area contributed by atoms with Crippen LogP contribution in [-0.4, -0.2) is 18.6 Å². The van der Waals surface area contributed by atoms with E-state index in [4.69, 9.17) is 4.52 Å². The Hall–Kier alpha value is -1.93. The molecule has 0 spiro atoms. The van der Waals surface area contributed by atoms with E-state index in [1.807, 2.05) is 0 Å². The van der Waals surface area contributed by atoms with Gasteiger partial charge in [0.2, 0.25) is 0 Å². The monoisotopic (exact) mass is 367 g/mol. The SMILES string of the molecule is Cc1onc(NS(=O)(=O)c2cccc3cccnc23)c1Br. The highest BCUT2D eigenvalue weighted by Gasteiger charge is 2.22. The molecule has 0 saturated heterocycles. The van der Waals surface area contributed by atoms with Crippen LogP contribution in [-0.2, 0) is 10.0 Å². The number of para-hydroxylation sites is 1. The van der Waals surface area contributed by atoms with Crippen LogP contribution in [0.1, 0.15) is 5.76 Å². The van der Waals surface area contributed by atoms with Crippen LogP contribution in [0.15, 0.2) is 50.4 Å². The standard InChI is InChI=1S/C13H10BrN3O3S/c1-8-11(14)13(16-20-8)17-21(18,19)10-6-2-4-9-5-3-7-15-12(9)10/h2-7H,1H3,(H,16,17). The molecule has 2 heterocycles. The van der Waals surface area contributed by atoms with Crippen LogP contribution >= 0.6 is 15.9 Å². The fraction of sp³-hybridized carbons (Fsp3) is 0.0769. The van der Waals surface area contributed by atoms with Crippen molar-refractivity contribution < 1.29 is 12.9 Å². The molecule has 6 nitrogen and oxygen atoms in total. The summed E-state index contributed by atoms with van der Waals surface area (Å²) in [6, 6.07) is 8.53. The average molecular weight is 368 g/mol. The van der Waals surface area contributed by atoms with E-state index in [1.165, 1.54) is 6.07 Å². The Kier molecular flexibility index (Phi) is 3.42. The van der Waals surface area contributed by atoms with Gasteiger partial charge < -0.3 is 4.52 Å². The van der Waals surface area contributed by atoms with Crippen molar-refractivity contribution >= 4 is 42.7 Å². The molecular weight excluding hydrogens is 358 g/mol. The molecule has 2 aromatic heterocycles. The second-order valence-corrected chi connectivity index (χ2v) is 6.78. The molecular formula is C13H10BrN3O3S. The van der Waals surface area contributed by atoms with Gasteiger partial charge in [0.05, 0.1) is 5.52 Å². The zero-order valence-electron chi connectivity index (χ0n) is 10.9. The molecule has 21 heavy (non-hydrogen) atoms. The molecule has 0 bridgehead atoms. The zero-order chi connectivity index (χ0) is 15.0. The third-order valence-electron chi connectivity index (χ3n) is 2.91. The van der Waals surface area contributed by atoms with Gasteiger partial charge in [0, 0.05) is 11.6 Å². The van der Waals surface area contributed by atoms with Crippen LogP contribution in [0, 0.1) is 6.92 Å². The van der Waals surface area contributed by atoms with Crippen LogP contribution in [0.4, 0.5) is 5.82 Å². The van der Waals surface area contributed by atoms with E-state index in [2.05, 4.69) is 30.8 Å². The van der Waals surface area contributed by atoms with Crippen molar-refractivity contribution in [3.63, 3.8) is 0 Å². The van der Waals surface area contributed by atoms with E-state index in [0.29, 0.717) is 15.7 Å². The van der Waals surface area contributed by atoms with Crippen LogP contribution in [0.5, 0.6) is 0 Å². The minimum Gasteiger partial charge on any atom is -0.358 e. The first-order chi connectivity index (χ1) is 9.99. The number of sulfonamides is 1. The molecule has 3 rings (SSSR count). The summed E-state index contributed by atoms with van der Waals surface area (Å²) in [6.45, 7) is 1.67. The van der Waals surface area contributed by atoms with Gasteiger partial charge in [-0.1, -0.05) is 23.4 Å². The molecule has 1 N–H and O–H groups in total. The van der Waals surface area contributed by atoms with Gasteiger partial charge in [-0.2, -0.15) is 0 Å². The third-order valence-corrected chi connectivity index (χ3v) is 5.21. The maximum absolute atomic E-state index is 12.5. The Morgan fingerprint density at radius 2 is 2.00 bits per heavy atom. The highest BCUT2D eigenvalue weighted by atomic mass is 79.9. The first-order valence-corrected chi connectivity index (χ1v) is 8.25. The van der Waals surface area contributed by atoms with Crippen LogP contribution in [0.3, 0.4) is 0 Å². The van der Waals surface area contributed by atoms with Crippen molar-refractivity contribution in [3.05, 3.63) is 46.8 Å². The molecule has 0 aliphatic carbocycles. The topological polar surface area (TPSA) is 85.1 Å². The number of pyridine rings is 1. The van der Waals surface area contributed by atoms with Crippen LogP contribution in [0.2, 0.25) is 0 Å². The Balaban J connectivity index is 2.11. The van der Waals surface area contributed by atoms with E-state index in [9.17, 15) is 8.42 Å². The van der Waals surface area contributed by atoms with Gasteiger partial charge in [0.1, 0.15) is 15.1 Å². The summed E-state index contributed by atoms with van der Waals surface area (Å²) in [5.41, 5.74) is 0.406. The largest absolute Gasteiger partial charge is 0.358 e. The Morgan fingerprint density at radius 1 is 1.24 bits per heavy atom. The molecule has 0 unspecified atom stereocenters. The van der Waals surface area contributed by atoms with Crippen molar-refractivity contribution in [2.75, 3.05) is 4.72 Å². The predicted molar refractivity (Wildman–Crippen MR) is 81.5 cm³/mol. The first kappa shape index (κ1) is 14.0. The second-order valence-electron chi connectivity index (χ2n) is 4.34. The number of halogens is 1. The van der Waals surface area contributed by atoms with Crippen molar-refractivity contribution in [2.24, 2.45) is 0 Å². The summed E-state index contributed by atoms with van der Waals surface area (Å²) >= 11 is 3.23. The normalized spacial score (nSPS) is 11.7. The molecule has 0 saturated carbocycles. The Bertz CT molecular complexity index is 916. The van der Waals surface area contributed by atoms with Crippen molar-refractivity contribution in [1.82, 2.24) is 10.1 Å². The molecule has 0 radical (unpaired) electrons. The van der Waals surface area contributed by atoms with Gasteiger partial charge in [0.25, 0.3) is 10.0 Å².